The summed E-state index contributed by atoms with van der Waals surface area (Å²) in [4.78, 5) is 25.8. The highest BCUT2D eigenvalue weighted by Crippen LogP contribution is 2.38. The number of ketones is 1. The van der Waals surface area contributed by atoms with Crippen molar-refractivity contribution < 1.29 is 19.8 Å². The average Bonchev–Trinajstić information content (AvgIpc) is 2.73. The fourth-order valence-electron chi connectivity index (χ4n) is 2.60. The predicted molar refractivity (Wildman–Crippen MR) is 77.8 cm³/mol. The van der Waals surface area contributed by atoms with E-state index in [4.69, 9.17) is 0 Å². The molecular weight excluding hydrogens is 270 g/mol. The number of amides is 1. The summed E-state index contributed by atoms with van der Waals surface area (Å²) in [5, 5.41) is 19.4. The van der Waals surface area contributed by atoms with Crippen LogP contribution in [0.3, 0.4) is 0 Å². The maximum atomic E-state index is 12.2. The monoisotopic (exact) mass is 289 g/mol. The topological polar surface area (TPSA) is 77.8 Å². The molecule has 2 N–H and O–H groups in total. The first-order chi connectivity index (χ1) is 10.0. The van der Waals surface area contributed by atoms with Crippen molar-refractivity contribution >= 4 is 11.7 Å². The van der Waals surface area contributed by atoms with Crippen LogP contribution in [0.5, 0.6) is 5.75 Å². The third kappa shape index (κ3) is 2.63. The lowest BCUT2D eigenvalue weighted by Crippen LogP contribution is -2.31. The third-order valence-corrected chi connectivity index (χ3v) is 3.60. The van der Waals surface area contributed by atoms with Gasteiger partial charge in [0, 0.05) is 13.0 Å². The molecule has 5 nitrogen and oxygen atoms in total. The number of hydrogen-bond donors (Lipinski definition) is 2. The lowest BCUT2D eigenvalue weighted by molar-refractivity contribution is -0.129. The predicted octanol–water partition coefficient (Wildman–Crippen LogP) is 2.48. The van der Waals surface area contributed by atoms with Gasteiger partial charge >= 0.3 is 0 Å². The molecule has 112 valence electrons. The van der Waals surface area contributed by atoms with Crippen LogP contribution in [0.25, 0.3) is 0 Å². The van der Waals surface area contributed by atoms with E-state index in [1.165, 1.54) is 17.0 Å². The molecule has 1 aliphatic heterocycles. The second kappa shape index (κ2) is 5.99. The molecule has 1 aromatic carbocycles. The first kappa shape index (κ1) is 15.1. The standard InChI is InChI=1S/C16H19NO4/c1-3-9-17-14(10-5-7-11(18)8-6-10)13(12(19)4-2)15(20)16(17)21/h5-8,14,18,20H,3-4,9H2,1-2H3. The zero-order valence-electron chi connectivity index (χ0n) is 12.2. The molecule has 0 radical (unpaired) electrons. The first-order valence-corrected chi connectivity index (χ1v) is 7.07. The van der Waals surface area contributed by atoms with Gasteiger partial charge in [-0.3, -0.25) is 9.59 Å². The summed E-state index contributed by atoms with van der Waals surface area (Å²) in [6.45, 7) is 4.08. The van der Waals surface area contributed by atoms with E-state index < -0.39 is 17.7 Å². The van der Waals surface area contributed by atoms with E-state index in [1.807, 2.05) is 6.92 Å². The van der Waals surface area contributed by atoms with Crippen LogP contribution >= 0.6 is 0 Å². The average molecular weight is 289 g/mol. The fraction of sp³-hybridized carbons (Fsp3) is 0.375. The van der Waals surface area contributed by atoms with Crippen molar-refractivity contribution in [1.29, 1.82) is 0 Å². The molecule has 0 aromatic heterocycles. The summed E-state index contributed by atoms with van der Waals surface area (Å²) < 4.78 is 0. The van der Waals surface area contributed by atoms with Crippen molar-refractivity contribution in [3.05, 3.63) is 41.2 Å². The fourth-order valence-corrected chi connectivity index (χ4v) is 2.60. The third-order valence-electron chi connectivity index (χ3n) is 3.60. The maximum absolute atomic E-state index is 12.2. The van der Waals surface area contributed by atoms with Gasteiger partial charge in [-0.1, -0.05) is 26.0 Å². The smallest absolute Gasteiger partial charge is 0.290 e. The molecule has 0 fully saturated rings. The lowest BCUT2D eigenvalue weighted by Gasteiger charge is -2.26. The molecule has 1 unspecified atom stereocenters. The van der Waals surface area contributed by atoms with E-state index in [-0.39, 0.29) is 23.5 Å². The normalized spacial score (nSPS) is 18.5. The molecule has 0 saturated heterocycles. The van der Waals surface area contributed by atoms with E-state index in [2.05, 4.69) is 0 Å². The molecular formula is C16H19NO4. The highest BCUT2D eigenvalue weighted by molar-refractivity contribution is 6.08. The molecule has 1 atom stereocenters. The van der Waals surface area contributed by atoms with Crippen LogP contribution in [-0.2, 0) is 9.59 Å². The van der Waals surface area contributed by atoms with Crippen molar-refractivity contribution in [3.8, 4) is 5.75 Å². The van der Waals surface area contributed by atoms with Gasteiger partial charge in [-0.05, 0) is 24.1 Å². The van der Waals surface area contributed by atoms with Crippen molar-refractivity contribution in [2.45, 2.75) is 32.7 Å². The summed E-state index contributed by atoms with van der Waals surface area (Å²) in [7, 11) is 0. The summed E-state index contributed by atoms with van der Waals surface area (Å²) in [6.07, 6.45) is 0.947. The minimum absolute atomic E-state index is 0.113. The van der Waals surface area contributed by atoms with Crippen molar-refractivity contribution in [3.63, 3.8) is 0 Å². The number of rotatable bonds is 5. The van der Waals surface area contributed by atoms with Gasteiger partial charge in [0.1, 0.15) is 5.75 Å². The number of nitrogens with zero attached hydrogens (tertiary/aromatic N) is 1. The molecule has 1 heterocycles. The summed E-state index contributed by atoms with van der Waals surface area (Å²) in [5.41, 5.74) is 0.858. The van der Waals surface area contributed by atoms with Crippen LogP contribution in [-0.4, -0.2) is 33.3 Å². The van der Waals surface area contributed by atoms with Crippen LogP contribution in [0.2, 0.25) is 0 Å². The minimum Gasteiger partial charge on any atom is -0.508 e. The lowest BCUT2D eigenvalue weighted by atomic mass is 9.95. The molecule has 0 saturated carbocycles. The largest absolute Gasteiger partial charge is 0.508 e. The highest BCUT2D eigenvalue weighted by Gasteiger charge is 2.42. The number of carbonyl (C=O) groups excluding carboxylic acids is 2. The molecule has 0 aliphatic carbocycles. The van der Waals surface area contributed by atoms with E-state index in [0.29, 0.717) is 12.1 Å². The van der Waals surface area contributed by atoms with Crippen LogP contribution in [0, 0.1) is 0 Å². The number of aliphatic hydroxyl groups is 1. The van der Waals surface area contributed by atoms with E-state index >= 15 is 0 Å². The van der Waals surface area contributed by atoms with Gasteiger partial charge < -0.3 is 15.1 Å². The molecule has 21 heavy (non-hydrogen) atoms. The summed E-state index contributed by atoms with van der Waals surface area (Å²) in [5.74, 6) is -1.08. The van der Waals surface area contributed by atoms with E-state index in [9.17, 15) is 19.8 Å². The second-order valence-corrected chi connectivity index (χ2v) is 5.03. The molecule has 1 amide bonds. The van der Waals surface area contributed by atoms with E-state index in [0.717, 1.165) is 6.42 Å². The Kier molecular flexibility index (Phi) is 4.31. The maximum Gasteiger partial charge on any atom is 0.290 e. The Bertz CT molecular complexity index is 589. The van der Waals surface area contributed by atoms with Crippen molar-refractivity contribution in [2.75, 3.05) is 6.54 Å². The molecule has 0 spiro atoms. The molecule has 2 rings (SSSR count). The van der Waals surface area contributed by atoms with Gasteiger partial charge in [0.2, 0.25) is 0 Å². The van der Waals surface area contributed by atoms with Gasteiger partial charge in [-0.15, -0.1) is 0 Å². The zero-order chi connectivity index (χ0) is 15.6. The minimum atomic E-state index is -0.578. The molecule has 0 bridgehead atoms. The Balaban J connectivity index is 2.51. The van der Waals surface area contributed by atoms with Gasteiger partial charge in [0.25, 0.3) is 5.91 Å². The SMILES string of the molecule is CCCN1C(=O)C(O)=C(C(=O)CC)C1c1ccc(O)cc1. The molecule has 5 heteroatoms. The highest BCUT2D eigenvalue weighted by atomic mass is 16.3. The quantitative estimate of drug-likeness (QED) is 0.873. The Labute approximate surface area is 123 Å². The van der Waals surface area contributed by atoms with Gasteiger partial charge in [-0.2, -0.15) is 0 Å². The van der Waals surface area contributed by atoms with Gasteiger partial charge in [0.15, 0.2) is 11.5 Å². The Morgan fingerprint density at radius 2 is 1.81 bits per heavy atom. The number of benzene rings is 1. The van der Waals surface area contributed by atoms with Gasteiger partial charge in [0.05, 0.1) is 11.6 Å². The molecule has 1 aliphatic rings. The number of phenols is 1. The zero-order valence-corrected chi connectivity index (χ0v) is 12.2. The first-order valence-electron chi connectivity index (χ1n) is 7.07. The van der Waals surface area contributed by atoms with Crippen molar-refractivity contribution in [2.24, 2.45) is 0 Å². The second-order valence-electron chi connectivity index (χ2n) is 5.03. The van der Waals surface area contributed by atoms with Gasteiger partial charge in [-0.25, -0.2) is 0 Å². The molecule has 1 aromatic rings. The summed E-state index contributed by atoms with van der Waals surface area (Å²) >= 11 is 0. The number of carbonyl (C=O) groups is 2. The number of hydrogen-bond acceptors (Lipinski definition) is 4. The van der Waals surface area contributed by atoms with Crippen LogP contribution in [0.1, 0.15) is 38.3 Å². The Morgan fingerprint density at radius 1 is 1.19 bits per heavy atom. The van der Waals surface area contributed by atoms with E-state index in [1.54, 1.807) is 19.1 Å². The van der Waals surface area contributed by atoms with Crippen LogP contribution in [0.15, 0.2) is 35.6 Å². The van der Waals surface area contributed by atoms with Crippen LogP contribution in [0.4, 0.5) is 0 Å². The Hall–Kier alpha value is -2.30. The van der Waals surface area contributed by atoms with Crippen molar-refractivity contribution in [1.82, 2.24) is 4.90 Å². The number of phenolic OH excluding ortho intramolecular Hbond substituents is 1. The van der Waals surface area contributed by atoms with Crippen LogP contribution < -0.4 is 0 Å². The number of aromatic hydroxyl groups is 1. The number of Topliss-reactive ketones (excluding diaryl/α,β-unsaturated/α-hetero) is 1. The Morgan fingerprint density at radius 3 is 2.33 bits per heavy atom. The summed E-state index contributed by atoms with van der Waals surface area (Å²) in [6, 6.07) is 5.76. The number of aliphatic hydroxyl groups excluding tert-OH is 1.